The van der Waals surface area contributed by atoms with Gasteiger partial charge in [0.2, 0.25) is 0 Å². The molecule has 3 nitrogen and oxygen atoms in total. The Balaban J connectivity index is 2.25. The molecule has 3 N–H and O–H groups in total. The minimum atomic E-state index is 0.685. The molecule has 0 atom stereocenters. The SMILES string of the molecule is CSc1ccc(Nc2ncc(N)c(C)c2Br)cc1. The molecule has 0 aliphatic rings. The Bertz CT molecular complexity index is 555. The lowest BCUT2D eigenvalue weighted by Gasteiger charge is -2.11. The number of nitrogens with one attached hydrogen (secondary N) is 1. The summed E-state index contributed by atoms with van der Waals surface area (Å²) >= 11 is 5.23. The van der Waals surface area contributed by atoms with E-state index in [1.807, 2.05) is 19.1 Å². The Hall–Kier alpha value is -1.20. The van der Waals surface area contributed by atoms with Gasteiger partial charge in [-0.05, 0) is 58.9 Å². The van der Waals surface area contributed by atoms with E-state index in [2.05, 4.69) is 44.6 Å². The maximum atomic E-state index is 5.80. The predicted octanol–water partition coefficient (Wildman–Crippen LogP) is 4.20. The quantitative estimate of drug-likeness (QED) is 0.831. The Labute approximate surface area is 119 Å². The van der Waals surface area contributed by atoms with Crippen LogP contribution in [0.1, 0.15) is 5.56 Å². The van der Waals surface area contributed by atoms with Crippen molar-refractivity contribution in [3.63, 3.8) is 0 Å². The van der Waals surface area contributed by atoms with E-state index < -0.39 is 0 Å². The summed E-state index contributed by atoms with van der Waals surface area (Å²) in [6.45, 7) is 1.96. The largest absolute Gasteiger partial charge is 0.397 e. The lowest BCUT2D eigenvalue weighted by molar-refractivity contribution is 1.25. The number of rotatable bonds is 3. The highest BCUT2D eigenvalue weighted by Crippen LogP contribution is 2.30. The van der Waals surface area contributed by atoms with Crippen molar-refractivity contribution in [1.82, 2.24) is 4.98 Å². The molecule has 0 radical (unpaired) electrons. The van der Waals surface area contributed by atoms with Crippen LogP contribution in [0.25, 0.3) is 0 Å². The fourth-order valence-corrected chi connectivity index (χ4v) is 2.33. The zero-order valence-electron chi connectivity index (χ0n) is 10.2. The van der Waals surface area contributed by atoms with Crippen LogP contribution in [-0.2, 0) is 0 Å². The van der Waals surface area contributed by atoms with Crippen LogP contribution in [0.15, 0.2) is 39.8 Å². The molecule has 94 valence electrons. The van der Waals surface area contributed by atoms with Gasteiger partial charge in [0.1, 0.15) is 5.82 Å². The molecule has 0 aliphatic heterocycles. The summed E-state index contributed by atoms with van der Waals surface area (Å²) in [5.41, 5.74) is 8.48. The van der Waals surface area contributed by atoms with Crippen molar-refractivity contribution < 1.29 is 0 Å². The number of thioether (sulfide) groups is 1. The van der Waals surface area contributed by atoms with E-state index in [1.54, 1.807) is 18.0 Å². The molecule has 2 rings (SSSR count). The molecule has 0 amide bonds. The number of aromatic nitrogens is 1. The van der Waals surface area contributed by atoms with Crippen molar-refractivity contribution in [2.75, 3.05) is 17.3 Å². The van der Waals surface area contributed by atoms with Gasteiger partial charge in [-0.25, -0.2) is 4.98 Å². The van der Waals surface area contributed by atoms with Crippen molar-refractivity contribution in [2.45, 2.75) is 11.8 Å². The summed E-state index contributed by atoms with van der Waals surface area (Å²) in [6, 6.07) is 8.22. The first-order valence-corrected chi connectivity index (χ1v) is 7.45. The van der Waals surface area contributed by atoms with Crippen LogP contribution < -0.4 is 11.1 Å². The number of benzene rings is 1. The van der Waals surface area contributed by atoms with Gasteiger partial charge in [-0.3, -0.25) is 0 Å². The van der Waals surface area contributed by atoms with Gasteiger partial charge in [0.15, 0.2) is 0 Å². The first kappa shape index (κ1) is 13.2. The summed E-state index contributed by atoms with van der Waals surface area (Å²) in [6.07, 6.45) is 3.72. The van der Waals surface area contributed by atoms with Crippen LogP contribution in [0.3, 0.4) is 0 Å². The molecule has 0 bridgehead atoms. The maximum Gasteiger partial charge on any atom is 0.145 e. The third kappa shape index (κ3) is 2.79. The Morgan fingerprint density at radius 1 is 1.28 bits per heavy atom. The highest BCUT2D eigenvalue weighted by atomic mass is 79.9. The average molecular weight is 324 g/mol. The number of anilines is 3. The summed E-state index contributed by atoms with van der Waals surface area (Å²) < 4.78 is 0.899. The lowest BCUT2D eigenvalue weighted by Crippen LogP contribution is -1.99. The Kier molecular flexibility index (Phi) is 4.14. The van der Waals surface area contributed by atoms with Crippen molar-refractivity contribution in [3.8, 4) is 0 Å². The predicted molar refractivity (Wildman–Crippen MR) is 82.6 cm³/mol. The van der Waals surface area contributed by atoms with E-state index in [-0.39, 0.29) is 0 Å². The van der Waals surface area contributed by atoms with Crippen molar-refractivity contribution >= 4 is 44.9 Å². The number of hydrogen-bond donors (Lipinski definition) is 2. The van der Waals surface area contributed by atoms with Gasteiger partial charge in [-0.2, -0.15) is 0 Å². The van der Waals surface area contributed by atoms with Crippen LogP contribution in [0.2, 0.25) is 0 Å². The van der Waals surface area contributed by atoms with Gasteiger partial charge < -0.3 is 11.1 Å². The molecule has 1 heterocycles. The van der Waals surface area contributed by atoms with E-state index >= 15 is 0 Å². The van der Waals surface area contributed by atoms with Gasteiger partial charge >= 0.3 is 0 Å². The Morgan fingerprint density at radius 2 is 1.94 bits per heavy atom. The number of hydrogen-bond acceptors (Lipinski definition) is 4. The van der Waals surface area contributed by atoms with E-state index in [9.17, 15) is 0 Å². The summed E-state index contributed by atoms with van der Waals surface area (Å²) in [5, 5.41) is 3.27. The Morgan fingerprint density at radius 3 is 2.56 bits per heavy atom. The van der Waals surface area contributed by atoms with Gasteiger partial charge in [-0.1, -0.05) is 0 Å². The second kappa shape index (κ2) is 5.63. The fraction of sp³-hybridized carbons (Fsp3) is 0.154. The number of halogens is 1. The maximum absolute atomic E-state index is 5.80. The van der Waals surface area contributed by atoms with E-state index in [0.717, 1.165) is 21.5 Å². The van der Waals surface area contributed by atoms with Crippen LogP contribution in [0.5, 0.6) is 0 Å². The van der Waals surface area contributed by atoms with Crippen LogP contribution >= 0.6 is 27.7 Å². The van der Waals surface area contributed by atoms with Crippen LogP contribution in [-0.4, -0.2) is 11.2 Å². The first-order chi connectivity index (χ1) is 8.61. The molecular weight excluding hydrogens is 310 g/mol. The molecule has 0 aliphatic carbocycles. The molecule has 0 unspecified atom stereocenters. The molecule has 0 fully saturated rings. The average Bonchev–Trinajstić information content (AvgIpc) is 2.40. The summed E-state index contributed by atoms with van der Waals surface area (Å²) in [4.78, 5) is 5.53. The van der Waals surface area contributed by atoms with Gasteiger partial charge in [0, 0.05) is 10.6 Å². The number of nitrogens with two attached hydrogens (primary N) is 1. The second-order valence-corrected chi connectivity index (χ2v) is 5.53. The highest BCUT2D eigenvalue weighted by Gasteiger charge is 2.07. The highest BCUT2D eigenvalue weighted by molar-refractivity contribution is 9.10. The molecule has 2 aromatic rings. The van der Waals surface area contributed by atoms with E-state index in [0.29, 0.717) is 5.69 Å². The summed E-state index contributed by atoms with van der Waals surface area (Å²) in [7, 11) is 0. The van der Waals surface area contributed by atoms with Gasteiger partial charge in [-0.15, -0.1) is 11.8 Å². The zero-order chi connectivity index (χ0) is 13.1. The topological polar surface area (TPSA) is 50.9 Å². The molecule has 1 aromatic carbocycles. The first-order valence-electron chi connectivity index (χ1n) is 5.43. The van der Waals surface area contributed by atoms with Crippen molar-refractivity contribution in [3.05, 3.63) is 40.5 Å². The fourth-order valence-electron chi connectivity index (χ4n) is 1.49. The number of nitrogen functional groups attached to an aromatic ring is 1. The van der Waals surface area contributed by atoms with Gasteiger partial charge in [0.25, 0.3) is 0 Å². The molecular formula is C13H14BrN3S. The van der Waals surface area contributed by atoms with Crippen molar-refractivity contribution in [1.29, 1.82) is 0 Å². The third-order valence-corrected chi connectivity index (χ3v) is 4.37. The molecule has 1 aromatic heterocycles. The molecule has 0 saturated carbocycles. The minimum absolute atomic E-state index is 0.685. The van der Waals surface area contributed by atoms with Crippen molar-refractivity contribution in [2.24, 2.45) is 0 Å². The second-order valence-electron chi connectivity index (χ2n) is 3.85. The third-order valence-electron chi connectivity index (χ3n) is 2.66. The van der Waals surface area contributed by atoms with E-state index in [1.165, 1.54) is 4.90 Å². The van der Waals surface area contributed by atoms with Gasteiger partial charge in [0.05, 0.1) is 16.4 Å². The van der Waals surface area contributed by atoms with Crippen LogP contribution in [0.4, 0.5) is 17.2 Å². The smallest absolute Gasteiger partial charge is 0.145 e. The molecule has 5 heteroatoms. The number of nitrogens with zero attached hydrogens (tertiary/aromatic N) is 1. The van der Waals surface area contributed by atoms with E-state index in [4.69, 9.17) is 5.73 Å². The monoisotopic (exact) mass is 323 g/mol. The molecule has 0 spiro atoms. The zero-order valence-corrected chi connectivity index (χ0v) is 12.6. The number of pyridine rings is 1. The standard InChI is InChI=1S/C13H14BrN3S/c1-8-11(15)7-16-13(12(8)14)17-9-3-5-10(18-2)6-4-9/h3-7H,15H2,1-2H3,(H,16,17). The lowest BCUT2D eigenvalue weighted by atomic mass is 10.2. The molecule has 0 saturated heterocycles. The van der Waals surface area contributed by atoms with Crippen LogP contribution in [0, 0.1) is 6.92 Å². The molecule has 18 heavy (non-hydrogen) atoms. The minimum Gasteiger partial charge on any atom is -0.397 e. The normalized spacial score (nSPS) is 10.4. The summed E-state index contributed by atoms with van der Waals surface area (Å²) in [5.74, 6) is 0.776.